The van der Waals surface area contributed by atoms with Gasteiger partial charge in [0.1, 0.15) is 0 Å². The zero-order valence-corrected chi connectivity index (χ0v) is 45.7. The molecule has 1 saturated carbocycles. The molecule has 4 aromatic carbocycles. The molecule has 14 nitrogen and oxygen atoms in total. The van der Waals surface area contributed by atoms with Crippen molar-refractivity contribution in [2.24, 2.45) is 5.41 Å². The Morgan fingerprint density at radius 3 is 2.33 bits per heavy atom. The number of nitrogens with zero attached hydrogens (tertiary/aromatic N) is 5. The fourth-order valence-corrected chi connectivity index (χ4v) is 14.1. The monoisotopic (exact) mass is 1080 g/mol. The standard InChI is InChI=1S/C58H73ClN8O6S2/c1-57(41-67-34-33-66(42-58(67)25-26-58)53-20-21-54(68)61-56(53)70)24-22-52(43-8-12-46(59)13-9-43)45(38-57)39-64-29-31-65(32-30-64)49-16-10-44(11-17-49)55(69)62-75(71,72)51-18-14-47(15-19-51)60-48(40-74-50-6-3-2-4-7-50)23-28-63-27-5-36-73-37-35-63/h2-4,6-19,48,53,60H,5,20-42H2,1H3,(H,62,69)(H,61,68,70)/t48-,53?,57-/m1/s1. The molecule has 4 heterocycles. The number of anilines is 2. The highest BCUT2D eigenvalue weighted by atomic mass is 35.5. The second-order valence-corrected chi connectivity index (χ2v) is 25.2. The van der Waals surface area contributed by atoms with Gasteiger partial charge in [0, 0.05) is 136 Å². The minimum Gasteiger partial charge on any atom is -0.381 e. The number of carbonyl (C=O) groups excluding carboxylic acids is 3. The molecule has 3 amide bonds. The van der Waals surface area contributed by atoms with Gasteiger partial charge >= 0.3 is 0 Å². The van der Waals surface area contributed by atoms with Gasteiger partial charge in [-0.05, 0) is 141 Å². The van der Waals surface area contributed by atoms with E-state index in [0.29, 0.717) is 12.8 Å². The molecule has 75 heavy (non-hydrogen) atoms. The maximum atomic E-state index is 13.5. The first kappa shape index (κ1) is 53.6. The molecule has 1 unspecified atom stereocenters. The lowest BCUT2D eigenvalue weighted by Gasteiger charge is -2.49. The molecule has 0 radical (unpaired) electrons. The van der Waals surface area contributed by atoms with Gasteiger partial charge in [-0.3, -0.25) is 34.4 Å². The summed E-state index contributed by atoms with van der Waals surface area (Å²) in [5, 5.41) is 6.96. The van der Waals surface area contributed by atoms with Crippen LogP contribution in [0.3, 0.4) is 0 Å². The number of amides is 3. The van der Waals surface area contributed by atoms with Crippen LogP contribution in [-0.4, -0.2) is 161 Å². The van der Waals surface area contributed by atoms with Gasteiger partial charge in [-0.15, -0.1) is 11.8 Å². The molecule has 3 N–H and O–H groups in total. The van der Waals surface area contributed by atoms with E-state index in [2.05, 4.69) is 71.0 Å². The van der Waals surface area contributed by atoms with Crippen molar-refractivity contribution in [2.45, 2.75) is 92.1 Å². The first-order valence-corrected chi connectivity index (χ1v) is 29.9. The van der Waals surface area contributed by atoms with Crippen LogP contribution in [0.4, 0.5) is 11.4 Å². The Balaban J connectivity index is 0.726. The van der Waals surface area contributed by atoms with Gasteiger partial charge in [0.15, 0.2) is 0 Å². The largest absolute Gasteiger partial charge is 0.381 e. The number of rotatable bonds is 18. The van der Waals surface area contributed by atoms with Crippen molar-refractivity contribution in [3.8, 4) is 0 Å². The van der Waals surface area contributed by atoms with Gasteiger partial charge in [0.05, 0.1) is 17.5 Å². The zero-order valence-electron chi connectivity index (χ0n) is 43.3. The molecule has 2 aliphatic carbocycles. The van der Waals surface area contributed by atoms with Crippen molar-refractivity contribution in [3.63, 3.8) is 0 Å². The van der Waals surface area contributed by atoms with E-state index in [0.717, 1.165) is 159 Å². The average Bonchev–Trinajstić information content (AvgIpc) is 4.25. The number of hydrogen-bond acceptors (Lipinski definition) is 13. The van der Waals surface area contributed by atoms with Gasteiger partial charge in [-0.25, -0.2) is 13.1 Å². The van der Waals surface area contributed by atoms with E-state index in [9.17, 15) is 22.8 Å². The molecule has 1 spiro atoms. The van der Waals surface area contributed by atoms with Crippen LogP contribution in [0.1, 0.15) is 80.6 Å². The highest BCUT2D eigenvalue weighted by Crippen LogP contribution is 2.50. The summed E-state index contributed by atoms with van der Waals surface area (Å²) in [6.07, 6.45) is 8.40. The Labute approximate surface area is 453 Å². The molecule has 4 saturated heterocycles. The Morgan fingerprint density at radius 1 is 0.840 bits per heavy atom. The summed E-state index contributed by atoms with van der Waals surface area (Å²) in [5.74, 6) is -0.114. The van der Waals surface area contributed by atoms with Gasteiger partial charge in [0.2, 0.25) is 11.8 Å². The Morgan fingerprint density at radius 2 is 1.60 bits per heavy atom. The maximum absolute atomic E-state index is 13.5. The molecule has 5 fully saturated rings. The number of imide groups is 1. The molecule has 400 valence electrons. The average molecular weight is 1080 g/mol. The third-order valence-electron chi connectivity index (χ3n) is 16.5. The van der Waals surface area contributed by atoms with Crippen LogP contribution in [0, 0.1) is 5.41 Å². The van der Waals surface area contributed by atoms with E-state index in [1.807, 2.05) is 42.5 Å². The number of nitrogens with one attached hydrogen (secondary N) is 3. The number of benzene rings is 4. The van der Waals surface area contributed by atoms with Gasteiger partial charge in [0.25, 0.3) is 15.9 Å². The maximum Gasteiger partial charge on any atom is 0.264 e. The summed E-state index contributed by atoms with van der Waals surface area (Å²) in [4.78, 5) is 51.8. The van der Waals surface area contributed by atoms with E-state index < -0.39 is 15.9 Å². The Bertz CT molecular complexity index is 2770. The van der Waals surface area contributed by atoms with Crippen LogP contribution < -0.4 is 20.3 Å². The highest BCUT2D eigenvalue weighted by Gasteiger charge is 2.54. The van der Waals surface area contributed by atoms with Crippen molar-refractivity contribution < 1.29 is 27.5 Å². The minimum absolute atomic E-state index is 0.0262. The lowest BCUT2D eigenvalue weighted by Crippen LogP contribution is -2.62. The van der Waals surface area contributed by atoms with E-state index >= 15 is 0 Å². The van der Waals surface area contributed by atoms with Crippen LogP contribution in [0.5, 0.6) is 0 Å². The minimum atomic E-state index is -4.13. The summed E-state index contributed by atoms with van der Waals surface area (Å²) in [6.45, 7) is 14.9. The summed E-state index contributed by atoms with van der Waals surface area (Å²) < 4.78 is 35.0. The third-order valence-corrected chi connectivity index (χ3v) is 19.2. The van der Waals surface area contributed by atoms with Crippen molar-refractivity contribution in [1.29, 1.82) is 0 Å². The SMILES string of the molecule is C[C@@]1(CN2CCN(C3CCC(=O)NC3=O)CC23CC3)CCC(c2ccc(Cl)cc2)=C(CN2CCN(c3ccc(C(=O)NS(=O)(=O)c4ccc(N[C@H](CCN5CCCOCC5)CSc5ccccc5)cc4)cc3)CC2)C1. The van der Waals surface area contributed by atoms with Gasteiger partial charge < -0.3 is 19.9 Å². The van der Waals surface area contributed by atoms with Crippen molar-refractivity contribution in [1.82, 2.24) is 29.6 Å². The lowest BCUT2D eigenvalue weighted by molar-refractivity contribution is -0.139. The van der Waals surface area contributed by atoms with E-state index in [1.54, 1.807) is 48.2 Å². The quantitative estimate of drug-likeness (QED) is 0.0657. The van der Waals surface area contributed by atoms with Crippen molar-refractivity contribution in [3.05, 3.63) is 125 Å². The number of allylic oxidation sites excluding steroid dienone is 1. The fourth-order valence-electron chi connectivity index (χ4n) is 12.0. The van der Waals surface area contributed by atoms with Crippen LogP contribution >= 0.6 is 23.4 Å². The zero-order chi connectivity index (χ0) is 52.0. The van der Waals surface area contributed by atoms with Gasteiger partial charge in [-0.2, -0.15) is 0 Å². The third kappa shape index (κ3) is 13.7. The smallest absolute Gasteiger partial charge is 0.264 e. The first-order chi connectivity index (χ1) is 36.3. The second-order valence-electron chi connectivity index (χ2n) is 22.0. The molecule has 4 aliphatic heterocycles. The van der Waals surface area contributed by atoms with Crippen LogP contribution in [-0.2, 0) is 24.3 Å². The van der Waals surface area contributed by atoms with E-state index in [1.165, 1.54) is 21.6 Å². The number of halogens is 1. The van der Waals surface area contributed by atoms with Crippen molar-refractivity contribution in [2.75, 3.05) is 108 Å². The number of piperidine rings is 1. The fraction of sp³-hybridized carbons (Fsp3) is 0.500. The molecule has 4 aromatic rings. The molecular formula is C58H73ClN8O6S2. The molecule has 0 bridgehead atoms. The number of carbonyl (C=O) groups is 3. The van der Waals surface area contributed by atoms with Crippen molar-refractivity contribution >= 4 is 68.1 Å². The molecule has 17 heteroatoms. The Kier molecular flexibility index (Phi) is 17.0. The predicted octanol–water partition coefficient (Wildman–Crippen LogP) is 7.87. The molecule has 3 atom stereocenters. The summed E-state index contributed by atoms with van der Waals surface area (Å²) >= 11 is 8.18. The lowest BCUT2D eigenvalue weighted by atomic mass is 9.70. The topological polar surface area (TPSA) is 147 Å². The number of thioether (sulfide) groups is 1. The Hall–Kier alpha value is -4.78. The van der Waals surface area contributed by atoms with Crippen LogP contribution in [0.25, 0.3) is 5.57 Å². The van der Waals surface area contributed by atoms with Gasteiger partial charge in [-0.1, -0.05) is 54.4 Å². The van der Waals surface area contributed by atoms with Crippen LogP contribution in [0.2, 0.25) is 5.02 Å². The number of piperazine rings is 2. The molecule has 6 aliphatic rings. The highest BCUT2D eigenvalue weighted by molar-refractivity contribution is 7.99. The normalized spacial score (nSPS) is 23.7. The number of ether oxygens (including phenoxy) is 1. The molecule has 10 rings (SSSR count). The van der Waals surface area contributed by atoms with E-state index in [4.69, 9.17) is 16.3 Å². The summed E-state index contributed by atoms with van der Waals surface area (Å²) in [7, 11) is -4.13. The van der Waals surface area contributed by atoms with Crippen LogP contribution in [0.15, 0.2) is 118 Å². The second kappa shape index (κ2) is 23.9. The predicted molar refractivity (Wildman–Crippen MR) is 299 cm³/mol. The molecular weight excluding hydrogens is 1000 g/mol. The summed E-state index contributed by atoms with van der Waals surface area (Å²) in [6, 6.07) is 32.5. The number of sulfonamides is 1. The number of hydrogen-bond donors (Lipinski definition) is 3. The first-order valence-electron chi connectivity index (χ1n) is 27.1. The summed E-state index contributed by atoms with van der Waals surface area (Å²) in [5.41, 5.74) is 6.49. The molecule has 0 aromatic heterocycles. The van der Waals surface area contributed by atoms with E-state index in [-0.39, 0.29) is 45.3 Å².